The summed E-state index contributed by atoms with van der Waals surface area (Å²) in [6.45, 7) is 0.954. The molecule has 0 fully saturated rings. The van der Waals surface area contributed by atoms with Crippen LogP contribution in [0.5, 0.6) is 0 Å². The van der Waals surface area contributed by atoms with Gasteiger partial charge in [0.2, 0.25) is 0 Å². The van der Waals surface area contributed by atoms with Gasteiger partial charge in [0.15, 0.2) is 0 Å². The number of hydrogen-bond donors (Lipinski definition) is 2. The topological polar surface area (TPSA) is 43.7 Å². The van der Waals surface area contributed by atoms with Gasteiger partial charge in [0.05, 0.1) is 5.56 Å². The number of fused-ring (bicyclic) bond motifs is 1. The molecule has 18 heavy (non-hydrogen) atoms. The quantitative estimate of drug-likeness (QED) is 0.716. The van der Waals surface area contributed by atoms with Crippen molar-refractivity contribution in [2.45, 2.75) is 19.1 Å². The van der Waals surface area contributed by atoms with Crippen LogP contribution in [0.15, 0.2) is 12.1 Å². The lowest BCUT2D eigenvalue weighted by Crippen LogP contribution is -2.35. The molecular formula is C11H13BF3NO2. The van der Waals surface area contributed by atoms with Gasteiger partial charge in [-0.05, 0) is 36.1 Å². The Bertz CT molecular complexity index is 462. The van der Waals surface area contributed by atoms with Crippen LogP contribution in [-0.2, 0) is 19.1 Å². The molecule has 0 saturated carbocycles. The Labute approximate surface area is 103 Å². The average molecular weight is 259 g/mol. The van der Waals surface area contributed by atoms with Crippen LogP contribution in [0, 0.1) is 0 Å². The van der Waals surface area contributed by atoms with Crippen LogP contribution in [-0.4, -0.2) is 35.7 Å². The maximum atomic E-state index is 12.9. The number of halogens is 3. The predicted octanol–water partition coefficient (Wildman–Crippen LogP) is 0.373. The van der Waals surface area contributed by atoms with E-state index in [2.05, 4.69) is 0 Å². The van der Waals surface area contributed by atoms with E-state index in [0.717, 1.165) is 6.07 Å². The highest BCUT2D eigenvalue weighted by atomic mass is 19.4. The van der Waals surface area contributed by atoms with Crippen LogP contribution < -0.4 is 5.46 Å². The Morgan fingerprint density at radius 1 is 1.28 bits per heavy atom. The van der Waals surface area contributed by atoms with Gasteiger partial charge in [-0.25, -0.2) is 0 Å². The van der Waals surface area contributed by atoms with Crippen molar-refractivity contribution in [1.82, 2.24) is 4.90 Å². The van der Waals surface area contributed by atoms with Gasteiger partial charge >= 0.3 is 13.3 Å². The van der Waals surface area contributed by atoms with Crippen molar-refractivity contribution in [1.29, 1.82) is 0 Å². The number of benzene rings is 1. The first-order valence-corrected chi connectivity index (χ1v) is 5.56. The second-order valence-electron chi connectivity index (χ2n) is 4.57. The standard InChI is InChI=1S/C11H13BF3NO2/c1-16-3-2-9-7(6-16)4-8(12(17)18)5-10(9)11(13,14)15/h4-5,17-18H,2-3,6H2,1H3. The highest BCUT2D eigenvalue weighted by Crippen LogP contribution is 2.34. The van der Waals surface area contributed by atoms with Gasteiger partial charge in [-0.3, -0.25) is 0 Å². The summed E-state index contributed by atoms with van der Waals surface area (Å²) in [6, 6.07) is 2.26. The van der Waals surface area contributed by atoms with Crippen molar-refractivity contribution >= 4 is 12.6 Å². The van der Waals surface area contributed by atoms with Crippen molar-refractivity contribution in [2.24, 2.45) is 0 Å². The lowest BCUT2D eigenvalue weighted by molar-refractivity contribution is -0.138. The summed E-state index contributed by atoms with van der Waals surface area (Å²) in [5, 5.41) is 18.1. The zero-order valence-electron chi connectivity index (χ0n) is 9.83. The van der Waals surface area contributed by atoms with Crippen LogP contribution in [0.4, 0.5) is 13.2 Å². The van der Waals surface area contributed by atoms with E-state index in [1.54, 1.807) is 0 Å². The van der Waals surface area contributed by atoms with E-state index >= 15 is 0 Å². The predicted molar refractivity (Wildman–Crippen MR) is 61.3 cm³/mol. The van der Waals surface area contributed by atoms with Crippen LogP contribution in [0.3, 0.4) is 0 Å². The van der Waals surface area contributed by atoms with E-state index in [1.807, 2.05) is 11.9 Å². The van der Waals surface area contributed by atoms with Gasteiger partial charge in [0, 0.05) is 13.1 Å². The summed E-state index contributed by atoms with van der Waals surface area (Å²) < 4.78 is 38.8. The molecule has 1 aliphatic heterocycles. The summed E-state index contributed by atoms with van der Waals surface area (Å²) >= 11 is 0. The fourth-order valence-corrected chi connectivity index (χ4v) is 2.27. The van der Waals surface area contributed by atoms with E-state index in [9.17, 15) is 13.2 Å². The molecule has 1 aliphatic rings. The van der Waals surface area contributed by atoms with Crippen molar-refractivity contribution in [3.63, 3.8) is 0 Å². The first-order valence-electron chi connectivity index (χ1n) is 5.56. The number of hydrogen-bond acceptors (Lipinski definition) is 3. The molecule has 0 unspecified atom stereocenters. The summed E-state index contributed by atoms with van der Waals surface area (Å²) in [5.41, 5.74) is -0.0840. The molecule has 0 radical (unpaired) electrons. The summed E-state index contributed by atoms with van der Waals surface area (Å²) in [4.78, 5) is 1.90. The molecule has 2 rings (SSSR count). The van der Waals surface area contributed by atoms with Crippen LogP contribution in [0.2, 0.25) is 0 Å². The molecule has 98 valence electrons. The normalized spacial score (nSPS) is 16.6. The molecule has 0 aromatic heterocycles. The van der Waals surface area contributed by atoms with E-state index in [1.165, 1.54) is 6.07 Å². The van der Waals surface area contributed by atoms with Crippen LogP contribution in [0.25, 0.3) is 0 Å². The van der Waals surface area contributed by atoms with E-state index in [-0.39, 0.29) is 11.0 Å². The maximum Gasteiger partial charge on any atom is 0.488 e. The monoisotopic (exact) mass is 259 g/mol. The van der Waals surface area contributed by atoms with Crippen molar-refractivity contribution in [2.75, 3.05) is 13.6 Å². The Morgan fingerprint density at radius 3 is 2.50 bits per heavy atom. The Kier molecular flexibility index (Phi) is 3.40. The molecule has 1 heterocycles. The third-order valence-corrected chi connectivity index (χ3v) is 3.15. The molecule has 0 atom stereocenters. The SMILES string of the molecule is CN1CCc2c(cc(B(O)O)cc2C(F)(F)F)C1. The van der Waals surface area contributed by atoms with Crippen molar-refractivity contribution in [3.8, 4) is 0 Å². The number of rotatable bonds is 1. The molecule has 0 spiro atoms. The first-order chi connectivity index (χ1) is 8.29. The van der Waals surface area contributed by atoms with Gasteiger partial charge in [0.25, 0.3) is 0 Å². The van der Waals surface area contributed by atoms with Gasteiger partial charge in [-0.15, -0.1) is 0 Å². The zero-order chi connectivity index (χ0) is 13.5. The molecule has 0 bridgehead atoms. The van der Waals surface area contributed by atoms with Gasteiger partial charge in [0.1, 0.15) is 0 Å². The number of nitrogens with zero attached hydrogens (tertiary/aromatic N) is 1. The van der Waals surface area contributed by atoms with Gasteiger partial charge in [-0.2, -0.15) is 13.2 Å². The molecule has 1 aromatic carbocycles. The van der Waals surface area contributed by atoms with Gasteiger partial charge in [-0.1, -0.05) is 6.07 Å². The summed E-state index contributed by atoms with van der Waals surface area (Å²) in [6.07, 6.45) is -4.15. The molecule has 7 heteroatoms. The molecule has 2 N–H and O–H groups in total. The average Bonchev–Trinajstić information content (AvgIpc) is 2.25. The maximum absolute atomic E-state index is 12.9. The molecule has 1 aromatic rings. The molecule has 0 saturated heterocycles. The number of likely N-dealkylation sites (N-methyl/N-ethyl adjacent to an activating group) is 1. The molecule has 0 amide bonds. The third kappa shape index (κ3) is 2.53. The summed E-state index contributed by atoms with van der Waals surface area (Å²) in [7, 11) is -0.0678. The Balaban J connectivity index is 2.57. The number of alkyl halides is 3. The van der Waals surface area contributed by atoms with Gasteiger partial charge < -0.3 is 14.9 Å². The lowest BCUT2D eigenvalue weighted by atomic mass is 9.76. The smallest absolute Gasteiger partial charge is 0.423 e. The third-order valence-electron chi connectivity index (χ3n) is 3.15. The molecule has 3 nitrogen and oxygen atoms in total. The minimum atomic E-state index is -4.47. The van der Waals surface area contributed by atoms with Crippen molar-refractivity contribution < 1.29 is 23.2 Å². The lowest BCUT2D eigenvalue weighted by Gasteiger charge is -2.28. The minimum absolute atomic E-state index is 0.114. The van der Waals surface area contributed by atoms with E-state index in [4.69, 9.17) is 10.0 Å². The fraction of sp³-hybridized carbons (Fsp3) is 0.455. The largest absolute Gasteiger partial charge is 0.488 e. The van der Waals surface area contributed by atoms with E-state index < -0.39 is 18.9 Å². The molecule has 0 aliphatic carbocycles. The fourth-order valence-electron chi connectivity index (χ4n) is 2.27. The Hall–Kier alpha value is -1.05. The highest BCUT2D eigenvalue weighted by Gasteiger charge is 2.36. The molecular weight excluding hydrogens is 246 g/mol. The van der Waals surface area contributed by atoms with Crippen LogP contribution >= 0.6 is 0 Å². The Morgan fingerprint density at radius 2 is 1.94 bits per heavy atom. The second-order valence-corrected chi connectivity index (χ2v) is 4.57. The highest BCUT2D eigenvalue weighted by molar-refractivity contribution is 6.58. The summed E-state index contributed by atoms with van der Waals surface area (Å²) in [5.74, 6) is 0. The second kappa shape index (κ2) is 4.57. The van der Waals surface area contributed by atoms with E-state index in [0.29, 0.717) is 25.1 Å². The minimum Gasteiger partial charge on any atom is -0.423 e. The first kappa shape index (κ1) is 13.4. The van der Waals surface area contributed by atoms with Crippen molar-refractivity contribution in [3.05, 3.63) is 28.8 Å². The zero-order valence-corrected chi connectivity index (χ0v) is 9.83. The van der Waals surface area contributed by atoms with Crippen LogP contribution in [0.1, 0.15) is 16.7 Å².